The van der Waals surface area contributed by atoms with Crippen molar-refractivity contribution >= 4 is 10.0 Å². The third-order valence-electron chi connectivity index (χ3n) is 4.67. The van der Waals surface area contributed by atoms with Crippen molar-refractivity contribution in [2.24, 2.45) is 0 Å². The molecule has 0 unspecified atom stereocenters. The van der Waals surface area contributed by atoms with Gasteiger partial charge in [-0.05, 0) is 31.7 Å². The molecule has 120 valence electrons. The second kappa shape index (κ2) is 5.47. The standard InChI is InChI=1S/C15H20N2O4S/c18-22(19,11-4-5-11)17-9-10-20-15-12(17)6-7-13(15)21-14-3-1-2-8-16-14/h1-3,8,11-13,15H,4-7,9-10H2/t12-,13-,15+/m0/s1. The van der Waals surface area contributed by atoms with E-state index in [1.165, 1.54) is 0 Å². The van der Waals surface area contributed by atoms with E-state index in [0.29, 0.717) is 19.0 Å². The van der Waals surface area contributed by atoms with Crippen molar-refractivity contribution in [3.8, 4) is 5.88 Å². The predicted octanol–water partition coefficient (Wildman–Crippen LogP) is 1.18. The number of nitrogens with zero attached hydrogens (tertiary/aromatic N) is 2. The highest BCUT2D eigenvalue weighted by molar-refractivity contribution is 7.90. The minimum absolute atomic E-state index is 0.0898. The molecule has 3 atom stereocenters. The third kappa shape index (κ3) is 2.51. The maximum absolute atomic E-state index is 12.6. The van der Waals surface area contributed by atoms with Gasteiger partial charge in [-0.3, -0.25) is 0 Å². The highest BCUT2D eigenvalue weighted by Crippen LogP contribution is 2.38. The highest BCUT2D eigenvalue weighted by Gasteiger charge is 2.51. The molecule has 4 rings (SSSR count). The molecule has 2 aliphatic carbocycles. The van der Waals surface area contributed by atoms with E-state index in [-0.39, 0.29) is 23.5 Å². The van der Waals surface area contributed by atoms with Gasteiger partial charge in [0.05, 0.1) is 17.9 Å². The number of fused-ring (bicyclic) bond motifs is 1. The van der Waals surface area contributed by atoms with Crippen LogP contribution in [-0.2, 0) is 14.8 Å². The van der Waals surface area contributed by atoms with Crippen molar-refractivity contribution in [1.82, 2.24) is 9.29 Å². The quantitative estimate of drug-likeness (QED) is 0.832. The van der Waals surface area contributed by atoms with Crippen LogP contribution in [-0.4, -0.2) is 54.4 Å². The summed E-state index contributed by atoms with van der Waals surface area (Å²) < 4.78 is 38.6. The average Bonchev–Trinajstić information content (AvgIpc) is 3.32. The summed E-state index contributed by atoms with van der Waals surface area (Å²) in [5.41, 5.74) is 0. The Hall–Kier alpha value is -1.18. The summed E-state index contributed by atoms with van der Waals surface area (Å²) in [6, 6.07) is 5.44. The predicted molar refractivity (Wildman–Crippen MR) is 80.1 cm³/mol. The first-order valence-corrected chi connectivity index (χ1v) is 9.36. The van der Waals surface area contributed by atoms with Crippen LogP contribution in [0.3, 0.4) is 0 Å². The second-order valence-electron chi connectivity index (χ2n) is 6.16. The monoisotopic (exact) mass is 324 g/mol. The molecule has 7 heteroatoms. The van der Waals surface area contributed by atoms with Crippen LogP contribution in [0.25, 0.3) is 0 Å². The molecule has 0 bridgehead atoms. The summed E-state index contributed by atoms with van der Waals surface area (Å²) in [5, 5.41) is -0.165. The third-order valence-corrected chi connectivity index (χ3v) is 7.09. The van der Waals surface area contributed by atoms with Crippen molar-refractivity contribution in [3.05, 3.63) is 24.4 Å². The van der Waals surface area contributed by atoms with E-state index in [0.717, 1.165) is 25.7 Å². The van der Waals surface area contributed by atoms with Crippen molar-refractivity contribution in [3.63, 3.8) is 0 Å². The van der Waals surface area contributed by atoms with Gasteiger partial charge in [-0.2, -0.15) is 4.31 Å². The molecule has 0 aromatic carbocycles. The first-order chi connectivity index (χ1) is 10.7. The lowest BCUT2D eigenvalue weighted by Gasteiger charge is -2.38. The molecule has 1 saturated heterocycles. The minimum atomic E-state index is -3.16. The normalized spacial score (nSPS) is 32.6. The van der Waals surface area contributed by atoms with Gasteiger partial charge in [-0.1, -0.05) is 6.07 Å². The van der Waals surface area contributed by atoms with Gasteiger partial charge >= 0.3 is 0 Å². The maximum Gasteiger partial charge on any atom is 0.217 e. The number of hydrogen-bond acceptors (Lipinski definition) is 5. The van der Waals surface area contributed by atoms with E-state index in [1.807, 2.05) is 18.2 Å². The molecule has 0 spiro atoms. The van der Waals surface area contributed by atoms with Crippen LogP contribution in [0, 0.1) is 0 Å². The summed E-state index contributed by atoms with van der Waals surface area (Å²) in [5.74, 6) is 0.568. The van der Waals surface area contributed by atoms with Crippen LogP contribution in [0.4, 0.5) is 0 Å². The van der Waals surface area contributed by atoms with Gasteiger partial charge in [0.15, 0.2) is 0 Å². The molecular weight excluding hydrogens is 304 g/mol. The molecule has 0 amide bonds. The van der Waals surface area contributed by atoms with Crippen molar-refractivity contribution in [2.45, 2.75) is 49.2 Å². The van der Waals surface area contributed by atoms with Crippen LogP contribution in [0.1, 0.15) is 25.7 Å². The maximum atomic E-state index is 12.6. The van der Waals surface area contributed by atoms with E-state index in [9.17, 15) is 8.42 Å². The Bertz CT molecular complexity index is 632. The lowest BCUT2D eigenvalue weighted by atomic mass is 10.1. The molecule has 1 aromatic rings. The molecule has 2 saturated carbocycles. The molecule has 0 N–H and O–H groups in total. The molecule has 3 fully saturated rings. The Kier molecular flexibility index (Phi) is 3.58. The molecule has 1 aromatic heterocycles. The lowest BCUT2D eigenvalue weighted by molar-refractivity contribution is -0.0668. The van der Waals surface area contributed by atoms with Gasteiger partial charge in [0.25, 0.3) is 0 Å². The molecular formula is C15H20N2O4S. The van der Waals surface area contributed by atoms with Gasteiger partial charge in [0.2, 0.25) is 15.9 Å². The van der Waals surface area contributed by atoms with Gasteiger partial charge in [0, 0.05) is 18.8 Å². The number of hydrogen-bond donors (Lipinski definition) is 0. The molecule has 3 aliphatic rings. The van der Waals surface area contributed by atoms with Crippen LogP contribution in [0.15, 0.2) is 24.4 Å². The zero-order chi connectivity index (χ0) is 15.2. The van der Waals surface area contributed by atoms with E-state index < -0.39 is 10.0 Å². The SMILES string of the molecule is O=S(=O)(C1CC1)N1CCO[C@H]2[C@@H](Oc3ccccn3)CC[C@@H]21. The van der Waals surface area contributed by atoms with Crippen LogP contribution in [0.5, 0.6) is 5.88 Å². The van der Waals surface area contributed by atoms with E-state index in [4.69, 9.17) is 9.47 Å². The first kappa shape index (κ1) is 14.4. The van der Waals surface area contributed by atoms with Gasteiger partial charge in [-0.15, -0.1) is 0 Å². The fraction of sp³-hybridized carbons (Fsp3) is 0.667. The van der Waals surface area contributed by atoms with Crippen LogP contribution >= 0.6 is 0 Å². The molecule has 2 heterocycles. The Balaban J connectivity index is 1.51. The number of sulfonamides is 1. The fourth-order valence-corrected chi connectivity index (χ4v) is 5.50. The summed E-state index contributed by atoms with van der Waals surface area (Å²) in [4.78, 5) is 4.18. The molecule has 22 heavy (non-hydrogen) atoms. The number of ether oxygens (including phenoxy) is 2. The van der Waals surface area contributed by atoms with Crippen molar-refractivity contribution in [1.29, 1.82) is 0 Å². The smallest absolute Gasteiger partial charge is 0.217 e. The molecule has 1 aliphatic heterocycles. The van der Waals surface area contributed by atoms with Gasteiger partial charge in [-0.25, -0.2) is 13.4 Å². The van der Waals surface area contributed by atoms with Crippen LogP contribution in [0.2, 0.25) is 0 Å². The minimum Gasteiger partial charge on any atom is -0.472 e. The van der Waals surface area contributed by atoms with Gasteiger partial charge in [0.1, 0.15) is 12.2 Å². The largest absolute Gasteiger partial charge is 0.472 e. The van der Waals surface area contributed by atoms with Gasteiger partial charge < -0.3 is 9.47 Å². The second-order valence-corrected chi connectivity index (χ2v) is 8.33. The topological polar surface area (TPSA) is 68.7 Å². The number of rotatable bonds is 4. The summed E-state index contributed by atoms with van der Waals surface area (Å²) >= 11 is 0. The van der Waals surface area contributed by atoms with E-state index >= 15 is 0 Å². The fourth-order valence-electron chi connectivity index (χ4n) is 3.45. The summed E-state index contributed by atoms with van der Waals surface area (Å²) in [6.07, 6.45) is 4.54. The molecule has 6 nitrogen and oxygen atoms in total. The average molecular weight is 324 g/mol. The Morgan fingerprint density at radius 2 is 2.09 bits per heavy atom. The Morgan fingerprint density at radius 3 is 2.82 bits per heavy atom. The van der Waals surface area contributed by atoms with E-state index in [1.54, 1.807) is 10.5 Å². The summed E-state index contributed by atoms with van der Waals surface area (Å²) in [7, 11) is -3.16. The molecule has 0 radical (unpaired) electrons. The van der Waals surface area contributed by atoms with Crippen molar-refractivity contribution < 1.29 is 17.9 Å². The van der Waals surface area contributed by atoms with Crippen molar-refractivity contribution in [2.75, 3.05) is 13.2 Å². The Labute approximate surface area is 130 Å². The van der Waals surface area contributed by atoms with E-state index in [2.05, 4.69) is 4.98 Å². The lowest BCUT2D eigenvalue weighted by Crippen LogP contribution is -2.55. The zero-order valence-electron chi connectivity index (χ0n) is 12.3. The zero-order valence-corrected chi connectivity index (χ0v) is 13.1. The number of pyridine rings is 1. The first-order valence-electron chi connectivity index (χ1n) is 7.86. The van der Waals surface area contributed by atoms with Crippen LogP contribution < -0.4 is 4.74 Å². The highest BCUT2D eigenvalue weighted by atomic mass is 32.2. The Morgan fingerprint density at radius 1 is 1.23 bits per heavy atom. The number of aromatic nitrogens is 1. The summed E-state index contributed by atoms with van der Waals surface area (Å²) in [6.45, 7) is 0.908. The number of morpholine rings is 1.